The van der Waals surface area contributed by atoms with Crippen LogP contribution in [0.5, 0.6) is 0 Å². The van der Waals surface area contributed by atoms with Crippen LogP contribution in [-0.2, 0) is 14.3 Å². The first-order chi connectivity index (χ1) is 9.16. The molecule has 0 aromatic heterocycles. The van der Waals surface area contributed by atoms with Gasteiger partial charge in [0.05, 0.1) is 6.61 Å². The molecule has 0 bridgehead atoms. The molecule has 19 heavy (non-hydrogen) atoms. The van der Waals surface area contributed by atoms with Crippen LogP contribution in [-0.4, -0.2) is 18.4 Å². The zero-order valence-electron chi connectivity index (χ0n) is 12.7. The quantitative estimate of drug-likeness (QED) is 0.367. The van der Waals surface area contributed by atoms with Crippen molar-refractivity contribution >= 4 is 11.8 Å². The van der Waals surface area contributed by atoms with Crippen molar-refractivity contribution in [1.82, 2.24) is 0 Å². The lowest BCUT2D eigenvalue weighted by Gasteiger charge is -2.04. The van der Waals surface area contributed by atoms with E-state index >= 15 is 0 Å². The molecule has 3 nitrogen and oxygen atoms in total. The van der Waals surface area contributed by atoms with Crippen molar-refractivity contribution in [2.45, 2.75) is 84.5 Å². The van der Waals surface area contributed by atoms with Crippen LogP contribution in [0.1, 0.15) is 84.5 Å². The number of rotatable bonds is 13. The minimum Gasteiger partial charge on any atom is -0.466 e. The van der Waals surface area contributed by atoms with Gasteiger partial charge in [0.1, 0.15) is 5.78 Å². The van der Waals surface area contributed by atoms with Crippen LogP contribution >= 0.6 is 0 Å². The summed E-state index contributed by atoms with van der Waals surface area (Å²) in [6.07, 6.45) is 11.1. The lowest BCUT2D eigenvalue weighted by Crippen LogP contribution is -2.05. The summed E-state index contributed by atoms with van der Waals surface area (Å²) in [6.45, 7) is 4.32. The van der Waals surface area contributed by atoms with E-state index in [4.69, 9.17) is 4.74 Å². The van der Waals surface area contributed by atoms with E-state index in [1.165, 1.54) is 25.7 Å². The Labute approximate surface area is 118 Å². The maximum absolute atomic E-state index is 11.4. The van der Waals surface area contributed by atoms with Gasteiger partial charge in [0.25, 0.3) is 0 Å². The van der Waals surface area contributed by atoms with Crippen LogP contribution < -0.4 is 0 Å². The zero-order chi connectivity index (χ0) is 14.3. The molecule has 0 spiro atoms. The summed E-state index contributed by atoms with van der Waals surface area (Å²) < 4.78 is 5.15. The van der Waals surface area contributed by atoms with Gasteiger partial charge in [0.2, 0.25) is 0 Å². The number of ketones is 1. The largest absolute Gasteiger partial charge is 0.466 e. The minimum atomic E-state index is -0.0675. The number of carbonyl (C=O) groups is 2. The molecule has 0 aliphatic rings. The molecule has 0 amide bonds. The summed E-state index contributed by atoms with van der Waals surface area (Å²) in [5.41, 5.74) is 0. The highest BCUT2D eigenvalue weighted by Crippen LogP contribution is 2.08. The first-order valence-electron chi connectivity index (χ1n) is 7.82. The predicted molar refractivity (Wildman–Crippen MR) is 78.1 cm³/mol. The van der Waals surface area contributed by atoms with Crippen molar-refractivity contribution in [2.75, 3.05) is 6.61 Å². The number of esters is 1. The Morgan fingerprint density at radius 2 is 1.37 bits per heavy atom. The molecule has 0 aliphatic carbocycles. The Morgan fingerprint density at radius 1 is 0.789 bits per heavy atom. The SMILES string of the molecule is CCCCCCCCC(=O)OCCCCCC(C)=O. The third-order valence-electron chi connectivity index (χ3n) is 3.17. The number of carbonyl (C=O) groups excluding carboxylic acids is 2. The second-order valence-electron chi connectivity index (χ2n) is 5.25. The van der Waals surface area contributed by atoms with E-state index in [2.05, 4.69) is 6.92 Å². The van der Waals surface area contributed by atoms with Gasteiger partial charge in [-0.15, -0.1) is 0 Å². The number of ether oxygens (including phenoxy) is 1. The summed E-state index contributed by atoms with van der Waals surface area (Å²) in [6, 6.07) is 0. The molecule has 0 heterocycles. The molecule has 0 aromatic rings. The fourth-order valence-electron chi connectivity index (χ4n) is 1.96. The van der Waals surface area contributed by atoms with Crippen LogP contribution in [0.25, 0.3) is 0 Å². The molecule has 0 rings (SSSR count). The van der Waals surface area contributed by atoms with E-state index < -0.39 is 0 Å². The van der Waals surface area contributed by atoms with E-state index in [1.807, 2.05) is 0 Å². The molecule has 0 aliphatic heterocycles. The predicted octanol–water partition coefficient (Wildman–Crippen LogP) is 4.43. The monoisotopic (exact) mass is 270 g/mol. The average molecular weight is 270 g/mol. The minimum absolute atomic E-state index is 0.0675. The second-order valence-corrected chi connectivity index (χ2v) is 5.25. The van der Waals surface area contributed by atoms with E-state index in [0.29, 0.717) is 19.4 Å². The lowest BCUT2D eigenvalue weighted by molar-refractivity contribution is -0.144. The molecule has 0 saturated heterocycles. The summed E-state index contributed by atoms with van der Waals surface area (Å²) in [7, 11) is 0. The van der Waals surface area contributed by atoms with E-state index in [0.717, 1.165) is 32.1 Å². The number of unbranched alkanes of at least 4 members (excludes halogenated alkanes) is 7. The highest BCUT2D eigenvalue weighted by Gasteiger charge is 2.02. The standard InChI is InChI=1S/C16H30O3/c1-3-4-5-6-7-10-13-16(18)19-14-11-8-9-12-15(2)17/h3-14H2,1-2H3. The van der Waals surface area contributed by atoms with Gasteiger partial charge in [-0.2, -0.15) is 0 Å². The summed E-state index contributed by atoms with van der Waals surface area (Å²) in [4.78, 5) is 22.1. The van der Waals surface area contributed by atoms with Crippen molar-refractivity contribution in [3.8, 4) is 0 Å². The second kappa shape index (κ2) is 13.6. The van der Waals surface area contributed by atoms with Crippen molar-refractivity contribution < 1.29 is 14.3 Å². The molecular weight excluding hydrogens is 240 g/mol. The Hall–Kier alpha value is -0.860. The van der Waals surface area contributed by atoms with Crippen LogP contribution in [0, 0.1) is 0 Å². The van der Waals surface area contributed by atoms with Gasteiger partial charge in [-0.05, 0) is 32.6 Å². The van der Waals surface area contributed by atoms with Crippen LogP contribution in [0.4, 0.5) is 0 Å². The number of hydrogen-bond acceptors (Lipinski definition) is 3. The molecule has 0 fully saturated rings. The van der Waals surface area contributed by atoms with Gasteiger partial charge in [0, 0.05) is 12.8 Å². The Bertz CT molecular complexity index is 236. The lowest BCUT2D eigenvalue weighted by atomic mass is 10.1. The maximum Gasteiger partial charge on any atom is 0.305 e. The molecule has 0 aromatic carbocycles. The van der Waals surface area contributed by atoms with Crippen molar-refractivity contribution in [2.24, 2.45) is 0 Å². The van der Waals surface area contributed by atoms with Gasteiger partial charge >= 0.3 is 5.97 Å². The number of Topliss-reactive ketones (excluding diaryl/α,β-unsaturated/α-hetero) is 1. The molecule has 0 saturated carbocycles. The van der Waals surface area contributed by atoms with Gasteiger partial charge in [-0.3, -0.25) is 4.79 Å². The Kier molecular flexibility index (Phi) is 13.0. The molecular formula is C16H30O3. The molecule has 3 heteroatoms. The van der Waals surface area contributed by atoms with Crippen LogP contribution in [0.2, 0.25) is 0 Å². The highest BCUT2D eigenvalue weighted by atomic mass is 16.5. The normalized spacial score (nSPS) is 10.4. The van der Waals surface area contributed by atoms with E-state index in [9.17, 15) is 9.59 Å². The summed E-state index contributed by atoms with van der Waals surface area (Å²) >= 11 is 0. The third-order valence-corrected chi connectivity index (χ3v) is 3.17. The van der Waals surface area contributed by atoms with E-state index in [-0.39, 0.29) is 11.8 Å². The van der Waals surface area contributed by atoms with Crippen LogP contribution in [0.15, 0.2) is 0 Å². The van der Waals surface area contributed by atoms with Crippen molar-refractivity contribution in [3.05, 3.63) is 0 Å². The number of hydrogen-bond donors (Lipinski definition) is 0. The van der Waals surface area contributed by atoms with Gasteiger partial charge < -0.3 is 9.53 Å². The fraction of sp³-hybridized carbons (Fsp3) is 0.875. The molecule has 0 radical (unpaired) electrons. The molecule has 0 N–H and O–H groups in total. The topological polar surface area (TPSA) is 43.4 Å². The maximum atomic E-state index is 11.4. The van der Waals surface area contributed by atoms with Crippen LogP contribution in [0.3, 0.4) is 0 Å². The van der Waals surface area contributed by atoms with E-state index in [1.54, 1.807) is 6.92 Å². The Morgan fingerprint density at radius 3 is 2.05 bits per heavy atom. The smallest absolute Gasteiger partial charge is 0.305 e. The molecule has 0 unspecified atom stereocenters. The Balaban J connectivity index is 3.19. The highest BCUT2D eigenvalue weighted by molar-refractivity contribution is 5.75. The first kappa shape index (κ1) is 18.1. The van der Waals surface area contributed by atoms with Gasteiger partial charge in [-0.1, -0.05) is 39.0 Å². The first-order valence-corrected chi connectivity index (χ1v) is 7.82. The average Bonchev–Trinajstić information content (AvgIpc) is 2.37. The van der Waals surface area contributed by atoms with Crippen molar-refractivity contribution in [1.29, 1.82) is 0 Å². The zero-order valence-corrected chi connectivity index (χ0v) is 12.7. The third kappa shape index (κ3) is 15.1. The van der Waals surface area contributed by atoms with Gasteiger partial charge in [-0.25, -0.2) is 0 Å². The summed E-state index contributed by atoms with van der Waals surface area (Å²) in [5, 5.41) is 0. The van der Waals surface area contributed by atoms with Crippen molar-refractivity contribution in [3.63, 3.8) is 0 Å². The molecule has 0 atom stereocenters. The fourth-order valence-corrected chi connectivity index (χ4v) is 1.96. The van der Waals surface area contributed by atoms with Gasteiger partial charge in [0.15, 0.2) is 0 Å². The summed E-state index contributed by atoms with van der Waals surface area (Å²) in [5.74, 6) is 0.169. The molecule has 112 valence electrons.